The summed E-state index contributed by atoms with van der Waals surface area (Å²) in [6.45, 7) is 1.93. The van der Waals surface area contributed by atoms with Crippen molar-refractivity contribution >= 4 is 0 Å². The van der Waals surface area contributed by atoms with Gasteiger partial charge in [0.2, 0.25) is 0 Å². The molecule has 0 spiro atoms. The third-order valence-corrected chi connectivity index (χ3v) is 3.27. The Bertz CT molecular complexity index is 321. The minimum atomic E-state index is -0.882. The van der Waals surface area contributed by atoms with Crippen molar-refractivity contribution in [2.45, 2.75) is 25.1 Å². The Balaban J connectivity index is 2.07. The predicted octanol–water partition coefficient (Wildman–Crippen LogP) is 0.368. The summed E-state index contributed by atoms with van der Waals surface area (Å²) in [5.41, 5.74) is 5.75. The van der Waals surface area contributed by atoms with Crippen molar-refractivity contribution in [1.29, 1.82) is 0 Å². The molecule has 0 aliphatic carbocycles. The van der Waals surface area contributed by atoms with E-state index in [1.807, 2.05) is 0 Å². The molecule has 0 aromatic rings. The molecule has 0 saturated carbocycles. The van der Waals surface area contributed by atoms with E-state index in [4.69, 9.17) is 5.73 Å². The van der Waals surface area contributed by atoms with Crippen molar-refractivity contribution in [2.24, 2.45) is 5.73 Å². The normalized spacial score (nSPS) is 28.9. The largest absolute Gasteiger partial charge is 0.398 e. The van der Waals surface area contributed by atoms with Gasteiger partial charge in [-0.15, -0.1) is 0 Å². The summed E-state index contributed by atoms with van der Waals surface area (Å²) in [6, 6.07) is 0.171. The van der Waals surface area contributed by atoms with Crippen molar-refractivity contribution in [3.05, 3.63) is 23.8 Å². The molecule has 2 heterocycles. The second-order valence-electron chi connectivity index (χ2n) is 4.51. The molecule has 16 heavy (non-hydrogen) atoms. The summed E-state index contributed by atoms with van der Waals surface area (Å²) in [5.74, 6) is -0.387. The van der Waals surface area contributed by atoms with Crippen molar-refractivity contribution in [3.8, 4) is 0 Å². The van der Waals surface area contributed by atoms with E-state index in [2.05, 4.69) is 11.9 Å². The zero-order valence-electron chi connectivity index (χ0n) is 9.43. The molecule has 5 heteroatoms. The molecule has 0 aromatic heterocycles. The van der Waals surface area contributed by atoms with Crippen LogP contribution in [0.25, 0.3) is 0 Å². The molecular formula is C11H18FN3O. The molecule has 2 aliphatic heterocycles. The van der Waals surface area contributed by atoms with E-state index in [1.165, 1.54) is 12.3 Å². The maximum absolute atomic E-state index is 13.2. The lowest BCUT2D eigenvalue weighted by molar-refractivity contribution is 0.0140. The summed E-state index contributed by atoms with van der Waals surface area (Å²) in [4.78, 5) is 3.86. The van der Waals surface area contributed by atoms with E-state index in [0.29, 0.717) is 0 Å². The highest BCUT2D eigenvalue weighted by Crippen LogP contribution is 2.24. The van der Waals surface area contributed by atoms with Crippen LogP contribution >= 0.6 is 0 Å². The molecular weight excluding hydrogens is 209 g/mol. The van der Waals surface area contributed by atoms with Crippen molar-refractivity contribution in [3.63, 3.8) is 0 Å². The summed E-state index contributed by atoms with van der Waals surface area (Å²) >= 11 is 0. The number of hydrogen-bond acceptors (Lipinski definition) is 4. The molecule has 1 fully saturated rings. The summed E-state index contributed by atoms with van der Waals surface area (Å²) < 4.78 is 13.2. The highest BCUT2D eigenvalue weighted by Gasteiger charge is 2.29. The third-order valence-electron chi connectivity index (χ3n) is 3.27. The molecule has 90 valence electrons. The van der Waals surface area contributed by atoms with Crippen LogP contribution in [0, 0.1) is 0 Å². The highest BCUT2D eigenvalue weighted by atomic mass is 19.1. The average Bonchev–Trinajstić information content (AvgIpc) is 2.25. The number of hydrogen-bond donors (Lipinski definition) is 2. The first-order chi connectivity index (χ1) is 7.58. The van der Waals surface area contributed by atoms with Gasteiger partial charge in [0.05, 0.1) is 5.70 Å². The molecule has 0 radical (unpaired) electrons. The number of aliphatic hydroxyl groups excluding tert-OH is 1. The zero-order chi connectivity index (χ0) is 11.7. The summed E-state index contributed by atoms with van der Waals surface area (Å²) in [6.07, 6.45) is 3.50. The van der Waals surface area contributed by atoms with E-state index in [1.54, 1.807) is 4.90 Å². The van der Waals surface area contributed by atoms with Crippen LogP contribution in [-0.4, -0.2) is 47.3 Å². The van der Waals surface area contributed by atoms with Crippen LogP contribution < -0.4 is 5.73 Å². The molecule has 0 aromatic carbocycles. The summed E-state index contributed by atoms with van der Waals surface area (Å²) in [7, 11) is 2.06. The Hall–Kier alpha value is -1.07. The van der Waals surface area contributed by atoms with Crippen LogP contribution in [0.1, 0.15) is 12.8 Å². The standard InChI is InChI=1S/C11H18FN3O/c1-14-4-2-9(3-5-14)15-7-8(12)6-10(13)11(15)16/h6-7,9,11,16H,2-5,13H2,1H3. The number of nitrogens with two attached hydrogens (primary N) is 1. The van der Waals surface area contributed by atoms with E-state index in [9.17, 15) is 9.50 Å². The molecule has 2 aliphatic rings. The van der Waals surface area contributed by atoms with Crippen LogP contribution in [0.4, 0.5) is 4.39 Å². The van der Waals surface area contributed by atoms with Gasteiger partial charge in [-0.05, 0) is 39.1 Å². The second kappa shape index (κ2) is 4.43. The molecule has 2 rings (SSSR count). The van der Waals surface area contributed by atoms with Gasteiger partial charge in [-0.25, -0.2) is 4.39 Å². The molecule has 1 atom stereocenters. The number of allylic oxidation sites excluding steroid dienone is 2. The molecule has 0 bridgehead atoms. The smallest absolute Gasteiger partial charge is 0.167 e. The molecule has 1 saturated heterocycles. The van der Waals surface area contributed by atoms with Gasteiger partial charge in [0.15, 0.2) is 6.23 Å². The minimum Gasteiger partial charge on any atom is -0.398 e. The Kier molecular flexibility index (Phi) is 3.16. The van der Waals surface area contributed by atoms with Crippen LogP contribution in [0.5, 0.6) is 0 Å². The van der Waals surface area contributed by atoms with Crippen molar-refractivity contribution < 1.29 is 9.50 Å². The molecule has 3 N–H and O–H groups in total. The van der Waals surface area contributed by atoms with Gasteiger partial charge in [-0.2, -0.15) is 0 Å². The minimum absolute atomic E-state index is 0.171. The van der Waals surface area contributed by atoms with Crippen LogP contribution in [0.3, 0.4) is 0 Å². The SMILES string of the molecule is CN1CCC(N2C=C(F)C=C(N)C2O)CC1. The van der Waals surface area contributed by atoms with Gasteiger partial charge in [0.25, 0.3) is 0 Å². The molecule has 0 amide bonds. The maximum atomic E-state index is 13.2. The van der Waals surface area contributed by atoms with E-state index in [-0.39, 0.29) is 17.6 Å². The monoisotopic (exact) mass is 227 g/mol. The highest BCUT2D eigenvalue weighted by molar-refractivity contribution is 5.23. The average molecular weight is 227 g/mol. The van der Waals surface area contributed by atoms with Gasteiger partial charge in [0, 0.05) is 12.2 Å². The van der Waals surface area contributed by atoms with Gasteiger partial charge >= 0.3 is 0 Å². The number of likely N-dealkylation sites (tertiary alicyclic amines) is 1. The van der Waals surface area contributed by atoms with E-state index >= 15 is 0 Å². The van der Waals surface area contributed by atoms with Crippen LogP contribution in [0.15, 0.2) is 23.8 Å². The van der Waals surface area contributed by atoms with Gasteiger partial charge < -0.3 is 20.6 Å². The fraction of sp³-hybridized carbons (Fsp3) is 0.636. The fourth-order valence-corrected chi connectivity index (χ4v) is 2.25. The van der Waals surface area contributed by atoms with Gasteiger partial charge in [0.1, 0.15) is 5.83 Å². The first kappa shape index (κ1) is 11.4. The summed E-state index contributed by atoms with van der Waals surface area (Å²) in [5, 5.41) is 9.88. The fourth-order valence-electron chi connectivity index (χ4n) is 2.25. The Morgan fingerprint density at radius 3 is 2.69 bits per heavy atom. The van der Waals surface area contributed by atoms with Gasteiger partial charge in [-0.1, -0.05) is 0 Å². The number of rotatable bonds is 1. The van der Waals surface area contributed by atoms with E-state index in [0.717, 1.165) is 25.9 Å². The van der Waals surface area contributed by atoms with Gasteiger partial charge in [-0.3, -0.25) is 0 Å². The van der Waals surface area contributed by atoms with Crippen LogP contribution in [-0.2, 0) is 0 Å². The van der Waals surface area contributed by atoms with Crippen LogP contribution in [0.2, 0.25) is 0 Å². The lowest BCUT2D eigenvalue weighted by atomic mass is 10.0. The number of aliphatic hydroxyl groups is 1. The Morgan fingerprint density at radius 1 is 1.44 bits per heavy atom. The predicted molar refractivity (Wildman–Crippen MR) is 59.8 cm³/mol. The topological polar surface area (TPSA) is 52.7 Å². The maximum Gasteiger partial charge on any atom is 0.167 e. The van der Waals surface area contributed by atoms with Crippen molar-refractivity contribution in [2.75, 3.05) is 20.1 Å². The molecule has 4 nitrogen and oxygen atoms in total. The lowest BCUT2D eigenvalue weighted by Crippen LogP contribution is -2.48. The van der Waals surface area contributed by atoms with E-state index < -0.39 is 6.23 Å². The first-order valence-electron chi connectivity index (χ1n) is 5.56. The Morgan fingerprint density at radius 2 is 2.06 bits per heavy atom. The van der Waals surface area contributed by atoms with Crippen molar-refractivity contribution in [1.82, 2.24) is 9.80 Å². The number of piperidine rings is 1. The first-order valence-corrected chi connectivity index (χ1v) is 5.56. The second-order valence-corrected chi connectivity index (χ2v) is 4.51. The zero-order valence-corrected chi connectivity index (χ0v) is 9.43. The Labute approximate surface area is 94.8 Å². The third kappa shape index (κ3) is 2.20. The lowest BCUT2D eigenvalue weighted by Gasteiger charge is -2.40. The quantitative estimate of drug-likeness (QED) is 0.679. The number of halogens is 1. The molecule has 1 unspecified atom stereocenters. The number of nitrogens with zero attached hydrogens (tertiary/aromatic N) is 2.